The Bertz CT molecular complexity index is 1150. The summed E-state index contributed by atoms with van der Waals surface area (Å²) in [5.74, 6) is 1.80. The SMILES string of the molecule is C[C@H]1CN(C(=O)c2ccc3scnc3c2)Cc2nnc(Cc3ccccc3)n21. The second-order valence-electron chi connectivity index (χ2n) is 7.13. The van der Waals surface area contributed by atoms with Crippen LogP contribution in [0.1, 0.15) is 40.5 Å². The third-order valence-corrected chi connectivity index (χ3v) is 5.97. The van der Waals surface area contributed by atoms with Gasteiger partial charge in [-0.1, -0.05) is 30.3 Å². The molecule has 0 spiro atoms. The summed E-state index contributed by atoms with van der Waals surface area (Å²) in [7, 11) is 0. The summed E-state index contributed by atoms with van der Waals surface area (Å²) >= 11 is 1.58. The van der Waals surface area contributed by atoms with E-state index in [0.717, 1.165) is 28.3 Å². The van der Waals surface area contributed by atoms with Crippen LogP contribution in [-0.4, -0.2) is 37.1 Å². The third-order valence-electron chi connectivity index (χ3n) is 5.16. The number of amides is 1. The molecule has 0 saturated heterocycles. The van der Waals surface area contributed by atoms with Crippen LogP contribution in [0.25, 0.3) is 10.2 Å². The van der Waals surface area contributed by atoms with Gasteiger partial charge in [0.2, 0.25) is 0 Å². The van der Waals surface area contributed by atoms with Crippen LogP contribution in [0.15, 0.2) is 54.0 Å². The van der Waals surface area contributed by atoms with E-state index in [1.165, 1.54) is 5.56 Å². The zero-order valence-electron chi connectivity index (χ0n) is 15.4. The molecule has 2 aromatic heterocycles. The first-order valence-electron chi connectivity index (χ1n) is 9.28. The molecule has 0 radical (unpaired) electrons. The van der Waals surface area contributed by atoms with E-state index in [-0.39, 0.29) is 11.9 Å². The molecule has 0 bridgehead atoms. The molecular weight excluding hydrogens is 370 g/mol. The molecular formula is C21H19N5OS. The maximum atomic E-state index is 13.1. The van der Waals surface area contributed by atoms with Crippen molar-refractivity contribution in [2.75, 3.05) is 6.54 Å². The first kappa shape index (κ1) is 17.1. The molecule has 0 unspecified atom stereocenters. The van der Waals surface area contributed by atoms with E-state index >= 15 is 0 Å². The number of nitrogens with zero attached hydrogens (tertiary/aromatic N) is 5. The van der Waals surface area contributed by atoms with Crippen LogP contribution in [0, 0.1) is 0 Å². The van der Waals surface area contributed by atoms with Gasteiger partial charge < -0.3 is 9.47 Å². The summed E-state index contributed by atoms with van der Waals surface area (Å²) in [4.78, 5) is 19.2. The van der Waals surface area contributed by atoms with Gasteiger partial charge >= 0.3 is 0 Å². The zero-order chi connectivity index (χ0) is 19.1. The topological polar surface area (TPSA) is 63.9 Å². The summed E-state index contributed by atoms with van der Waals surface area (Å²) in [6.45, 7) is 3.23. The summed E-state index contributed by atoms with van der Waals surface area (Å²) < 4.78 is 3.27. The van der Waals surface area contributed by atoms with Crippen molar-refractivity contribution in [3.63, 3.8) is 0 Å². The van der Waals surface area contributed by atoms with E-state index in [0.29, 0.717) is 18.7 Å². The maximum absolute atomic E-state index is 13.1. The molecule has 0 N–H and O–H groups in total. The first-order valence-corrected chi connectivity index (χ1v) is 10.2. The first-order chi connectivity index (χ1) is 13.7. The lowest BCUT2D eigenvalue weighted by Crippen LogP contribution is -2.40. The third kappa shape index (κ3) is 2.97. The number of aromatic nitrogens is 4. The van der Waals surface area contributed by atoms with Crippen LogP contribution < -0.4 is 0 Å². The van der Waals surface area contributed by atoms with Crippen LogP contribution >= 0.6 is 11.3 Å². The summed E-state index contributed by atoms with van der Waals surface area (Å²) in [5, 5.41) is 8.79. The highest BCUT2D eigenvalue weighted by Crippen LogP contribution is 2.25. The van der Waals surface area contributed by atoms with Gasteiger partial charge in [0.15, 0.2) is 5.82 Å². The average Bonchev–Trinajstić information content (AvgIpc) is 3.35. The Morgan fingerprint density at radius 1 is 1.18 bits per heavy atom. The molecule has 1 amide bonds. The van der Waals surface area contributed by atoms with Crippen molar-refractivity contribution in [2.24, 2.45) is 0 Å². The summed E-state index contributed by atoms with van der Waals surface area (Å²) in [6.07, 6.45) is 0.743. The van der Waals surface area contributed by atoms with E-state index in [4.69, 9.17) is 0 Å². The second-order valence-corrected chi connectivity index (χ2v) is 8.02. The van der Waals surface area contributed by atoms with Crippen LogP contribution in [0.3, 0.4) is 0 Å². The van der Waals surface area contributed by atoms with Crippen LogP contribution in [0.2, 0.25) is 0 Å². The predicted octanol–water partition coefficient (Wildman–Crippen LogP) is 3.70. The Morgan fingerprint density at radius 3 is 2.89 bits per heavy atom. The highest BCUT2D eigenvalue weighted by atomic mass is 32.1. The number of hydrogen-bond donors (Lipinski definition) is 0. The zero-order valence-corrected chi connectivity index (χ0v) is 16.3. The number of thiazole rings is 1. The minimum atomic E-state index is 0.0145. The molecule has 0 aliphatic carbocycles. The summed E-state index contributed by atoms with van der Waals surface area (Å²) in [6, 6.07) is 16.1. The molecule has 0 fully saturated rings. The monoisotopic (exact) mass is 389 g/mol. The minimum Gasteiger partial charge on any atom is -0.329 e. The van der Waals surface area contributed by atoms with E-state index in [9.17, 15) is 4.79 Å². The van der Waals surface area contributed by atoms with Crippen LogP contribution in [0.4, 0.5) is 0 Å². The van der Waals surface area contributed by atoms with Gasteiger partial charge in [-0.3, -0.25) is 4.79 Å². The summed E-state index contributed by atoms with van der Waals surface area (Å²) in [5.41, 5.74) is 4.55. The number of fused-ring (bicyclic) bond motifs is 2. The van der Waals surface area contributed by atoms with Gasteiger partial charge in [-0.2, -0.15) is 0 Å². The van der Waals surface area contributed by atoms with Crippen LogP contribution in [0.5, 0.6) is 0 Å². The van der Waals surface area contributed by atoms with Gasteiger partial charge in [0.25, 0.3) is 5.91 Å². The Labute approximate surface area is 166 Å². The molecule has 1 atom stereocenters. The molecule has 1 aliphatic heterocycles. The Kier molecular flexibility index (Phi) is 4.16. The molecule has 5 rings (SSSR count). The van der Waals surface area contributed by atoms with Crippen molar-refractivity contribution in [2.45, 2.75) is 25.9 Å². The molecule has 4 aromatic rings. The fourth-order valence-electron chi connectivity index (χ4n) is 3.84. The molecule has 0 saturated carbocycles. The average molecular weight is 389 g/mol. The maximum Gasteiger partial charge on any atom is 0.254 e. The van der Waals surface area contributed by atoms with Gasteiger partial charge in [0.05, 0.1) is 28.3 Å². The molecule has 6 nitrogen and oxygen atoms in total. The smallest absolute Gasteiger partial charge is 0.254 e. The van der Waals surface area contributed by atoms with Crippen molar-refractivity contribution in [1.29, 1.82) is 0 Å². The van der Waals surface area contributed by atoms with Gasteiger partial charge in [-0.15, -0.1) is 21.5 Å². The second kappa shape index (κ2) is 6.83. The van der Waals surface area contributed by atoms with Gasteiger partial charge in [-0.25, -0.2) is 4.98 Å². The van der Waals surface area contributed by atoms with Crippen molar-refractivity contribution in [1.82, 2.24) is 24.6 Å². The standard InChI is InChI=1S/C21H19N5OS/c1-14-11-25(21(27)16-7-8-18-17(10-16)22-13-28-18)12-20-24-23-19(26(14)20)9-15-5-3-2-4-6-15/h2-8,10,13-14H,9,11-12H2,1H3/t14-/m0/s1. The fraction of sp³-hybridized carbons (Fsp3) is 0.238. The number of rotatable bonds is 3. The van der Waals surface area contributed by atoms with Crippen molar-refractivity contribution in [3.05, 3.63) is 76.8 Å². The number of carbonyl (C=O) groups excluding carboxylic acids is 1. The number of hydrogen-bond acceptors (Lipinski definition) is 5. The lowest BCUT2D eigenvalue weighted by Gasteiger charge is -2.32. The molecule has 28 heavy (non-hydrogen) atoms. The van der Waals surface area contributed by atoms with E-state index in [2.05, 4.69) is 38.8 Å². The van der Waals surface area contributed by atoms with Gasteiger partial charge in [0.1, 0.15) is 5.82 Å². The molecule has 1 aliphatic rings. The largest absolute Gasteiger partial charge is 0.329 e. The van der Waals surface area contributed by atoms with Crippen molar-refractivity contribution < 1.29 is 4.79 Å². The Hall–Kier alpha value is -3.06. The van der Waals surface area contributed by atoms with E-state index in [1.54, 1.807) is 16.8 Å². The highest BCUT2D eigenvalue weighted by Gasteiger charge is 2.29. The number of carbonyl (C=O) groups is 1. The van der Waals surface area contributed by atoms with E-state index < -0.39 is 0 Å². The Balaban J connectivity index is 1.40. The highest BCUT2D eigenvalue weighted by molar-refractivity contribution is 7.16. The van der Waals surface area contributed by atoms with Crippen molar-refractivity contribution in [3.8, 4) is 0 Å². The quantitative estimate of drug-likeness (QED) is 0.536. The van der Waals surface area contributed by atoms with Crippen molar-refractivity contribution >= 4 is 27.5 Å². The van der Waals surface area contributed by atoms with Gasteiger partial charge in [0, 0.05) is 18.5 Å². The number of benzene rings is 2. The van der Waals surface area contributed by atoms with Crippen LogP contribution in [-0.2, 0) is 13.0 Å². The van der Waals surface area contributed by atoms with E-state index in [1.807, 2.05) is 41.3 Å². The lowest BCUT2D eigenvalue weighted by atomic mass is 10.1. The fourth-order valence-corrected chi connectivity index (χ4v) is 4.50. The lowest BCUT2D eigenvalue weighted by molar-refractivity contribution is 0.0680. The molecule has 2 aromatic carbocycles. The normalized spacial score (nSPS) is 16.3. The molecule has 140 valence electrons. The Morgan fingerprint density at radius 2 is 2.04 bits per heavy atom. The molecule has 3 heterocycles. The van der Waals surface area contributed by atoms with Gasteiger partial charge in [-0.05, 0) is 30.7 Å². The minimum absolute atomic E-state index is 0.0145. The molecule has 7 heteroatoms. The predicted molar refractivity (Wildman–Crippen MR) is 108 cm³/mol.